The van der Waals surface area contributed by atoms with Gasteiger partial charge in [0.2, 0.25) is 11.8 Å². The van der Waals surface area contributed by atoms with E-state index < -0.39 is 0 Å². The van der Waals surface area contributed by atoms with Crippen molar-refractivity contribution in [3.8, 4) is 0 Å². The molecule has 1 atom stereocenters. The van der Waals surface area contributed by atoms with Crippen molar-refractivity contribution in [1.82, 2.24) is 15.1 Å². The van der Waals surface area contributed by atoms with E-state index in [2.05, 4.69) is 5.32 Å². The van der Waals surface area contributed by atoms with Crippen LogP contribution in [0.1, 0.15) is 24.8 Å². The molecule has 24 heavy (non-hydrogen) atoms. The largest absolute Gasteiger partial charge is 0.339 e. The van der Waals surface area contributed by atoms with E-state index in [1.807, 2.05) is 21.9 Å². The number of piperidine rings is 1. The predicted octanol–water partition coefficient (Wildman–Crippen LogP) is 1.70. The third-order valence-corrected chi connectivity index (χ3v) is 5.07. The van der Waals surface area contributed by atoms with Crippen LogP contribution in [0.5, 0.6) is 0 Å². The van der Waals surface area contributed by atoms with Crippen molar-refractivity contribution in [3.05, 3.63) is 34.9 Å². The van der Waals surface area contributed by atoms with Gasteiger partial charge in [0, 0.05) is 31.2 Å². The summed E-state index contributed by atoms with van der Waals surface area (Å²) in [5.74, 6) is 0.305. The summed E-state index contributed by atoms with van der Waals surface area (Å²) in [7, 11) is 0. The highest BCUT2D eigenvalue weighted by Gasteiger charge is 2.29. The molecule has 2 heterocycles. The molecule has 2 aliphatic rings. The standard InChI is InChI=1S/C18H24ClN3O2/c19-15-6-4-14(5-7-15)13-17(23)21-9-11-22(12-10-21)18(24)16-3-1-2-8-20-16/h4-7,16,20H,1-3,8-13H2. The zero-order valence-electron chi connectivity index (χ0n) is 13.8. The number of nitrogens with one attached hydrogen (secondary N) is 1. The Hall–Kier alpha value is -1.59. The van der Waals surface area contributed by atoms with Crippen LogP contribution in [0.2, 0.25) is 5.02 Å². The van der Waals surface area contributed by atoms with E-state index in [9.17, 15) is 9.59 Å². The number of rotatable bonds is 3. The lowest BCUT2D eigenvalue weighted by atomic mass is 10.0. The molecule has 0 bridgehead atoms. The van der Waals surface area contributed by atoms with E-state index >= 15 is 0 Å². The minimum absolute atomic E-state index is 0.0323. The molecule has 1 N–H and O–H groups in total. The quantitative estimate of drug-likeness (QED) is 0.903. The highest BCUT2D eigenvalue weighted by atomic mass is 35.5. The molecule has 6 heteroatoms. The van der Waals surface area contributed by atoms with Crippen molar-refractivity contribution in [2.45, 2.75) is 31.7 Å². The van der Waals surface area contributed by atoms with Gasteiger partial charge in [-0.2, -0.15) is 0 Å². The van der Waals surface area contributed by atoms with Crippen LogP contribution >= 0.6 is 11.6 Å². The smallest absolute Gasteiger partial charge is 0.239 e. The molecule has 1 aromatic carbocycles. The zero-order valence-corrected chi connectivity index (χ0v) is 14.6. The van der Waals surface area contributed by atoms with E-state index in [1.54, 1.807) is 12.1 Å². The van der Waals surface area contributed by atoms with Crippen molar-refractivity contribution >= 4 is 23.4 Å². The predicted molar refractivity (Wildman–Crippen MR) is 94.0 cm³/mol. The topological polar surface area (TPSA) is 52.7 Å². The third kappa shape index (κ3) is 4.28. The van der Waals surface area contributed by atoms with E-state index in [0.717, 1.165) is 31.4 Å². The summed E-state index contributed by atoms with van der Waals surface area (Å²) in [5.41, 5.74) is 0.967. The normalized spacial score (nSPS) is 21.6. The monoisotopic (exact) mass is 349 g/mol. The van der Waals surface area contributed by atoms with Gasteiger partial charge in [0.15, 0.2) is 0 Å². The second kappa shape index (κ2) is 7.99. The molecule has 1 aromatic rings. The van der Waals surface area contributed by atoms with Crippen LogP contribution in [-0.2, 0) is 16.0 Å². The van der Waals surface area contributed by atoms with Gasteiger partial charge in [-0.25, -0.2) is 0 Å². The number of benzene rings is 1. The summed E-state index contributed by atoms with van der Waals surface area (Å²) in [6.07, 6.45) is 3.57. The van der Waals surface area contributed by atoms with Gasteiger partial charge >= 0.3 is 0 Å². The molecule has 2 aliphatic heterocycles. The van der Waals surface area contributed by atoms with E-state index in [-0.39, 0.29) is 17.9 Å². The molecule has 0 radical (unpaired) electrons. The molecular formula is C18H24ClN3O2. The van der Waals surface area contributed by atoms with Gasteiger partial charge in [0.25, 0.3) is 0 Å². The Morgan fingerprint density at radius 1 is 1.04 bits per heavy atom. The molecule has 3 rings (SSSR count). The summed E-state index contributed by atoms with van der Waals surface area (Å²) in [4.78, 5) is 28.7. The highest BCUT2D eigenvalue weighted by molar-refractivity contribution is 6.30. The number of carbonyl (C=O) groups is 2. The van der Waals surface area contributed by atoms with Crippen LogP contribution in [-0.4, -0.2) is 60.4 Å². The van der Waals surface area contributed by atoms with Gasteiger partial charge in [-0.1, -0.05) is 30.2 Å². The number of piperazine rings is 1. The Morgan fingerprint density at radius 3 is 2.33 bits per heavy atom. The molecule has 0 saturated carbocycles. The van der Waals surface area contributed by atoms with Crippen molar-refractivity contribution in [2.24, 2.45) is 0 Å². The van der Waals surface area contributed by atoms with E-state index in [4.69, 9.17) is 11.6 Å². The number of halogens is 1. The second-order valence-electron chi connectivity index (χ2n) is 6.51. The van der Waals surface area contributed by atoms with E-state index in [0.29, 0.717) is 37.6 Å². The van der Waals surface area contributed by atoms with Gasteiger partial charge in [-0.05, 0) is 37.1 Å². The lowest BCUT2D eigenvalue weighted by molar-refractivity contribution is -0.140. The van der Waals surface area contributed by atoms with Crippen molar-refractivity contribution in [3.63, 3.8) is 0 Å². The Labute approximate surface area is 147 Å². The summed E-state index contributed by atoms with van der Waals surface area (Å²) in [5, 5.41) is 3.98. The molecular weight excluding hydrogens is 326 g/mol. The Kier molecular flexibility index (Phi) is 5.74. The number of nitrogens with zero attached hydrogens (tertiary/aromatic N) is 2. The maximum absolute atomic E-state index is 12.5. The fourth-order valence-electron chi connectivity index (χ4n) is 3.35. The lowest BCUT2D eigenvalue weighted by Gasteiger charge is -2.37. The van der Waals surface area contributed by atoms with Gasteiger partial charge in [0.1, 0.15) is 0 Å². The molecule has 130 valence electrons. The Bertz CT molecular complexity index is 576. The summed E-state index contributed by atoms with van der Waals surface area (Å²) in [6.45, 7) is 3.42. The van der Waals surface area contributed by atoms with Crippen LogP contribution in [0, 0.1) is 0 Å². The van der Waals surface area contributed by atoms with Crippen LogP contribution in [0.25, 0.3) is 0 Å². The van der Waals surface area contributed by atoms with Crippen molar-refractivity contribution in [1.29, 1.82) is 0 Å². The Morgan fingerprint density at radius 2 is 1.71 bits per heavy atom. The minimum atomic E-state index is -0.0323. The SMILES string of the molecule is O=C(Cc1ccc(Cl)cc1)N1CCN(C(=O)C2CCCCN2)CC1. The first-order valence-corrected chi connectivity index (χ1v) is 9.05. The number of carbonyl (C=O) groups excluding carboxylic acids is 2. The first-order chi connectivity index (χ1) is 11.6. The fraction of sp³-hybridized carbons (Fsp3) is 0.556. The van der Waals surface area contributed by atoms with E-state index in [1.165, 1.54) is 0 Å². The van der Waals surface area contributed by atoms with Crippen molar-refractivity contribution in [2.75, 3.05) is 32.7 Å². The molecule has 5 nitrogen and oxygen atoms in total. The fourth-order valence-corrected chi connectivity index (χ4v) is 3.47. The van der Waals surface area contributed by atoms with Crippen LogP contribution < -0.4 is 5.32 Å². The van der Waals surface area contributed by atoms with Gasteiger partial charge in [-0.3, -0.25) is 9.59 Å². The Balaban J connectivity index is 1.48. The number of amides is 2. The average molecular weight is 350 g/mol. The third-order valence-electron chi connectivity index (χ3n) is 4.82. The first-order valence-electron chi connectivity index (χ1n) is 8.68. The molecule has 2 amide bonds. The second-order valence-corrected chi connectivity index (χ2v) is 6.95. The lowest BCUT2D eigenvalue weighted by Crippen LogP contribution is -2.56. The maximum Gasteiger partial charge on any atom is 0.239 e. The van der Waals surface area contributed by atoms with Crippen LogP contribution in [0.3, 0.4) is 0 Å². The minimum Gasteiger partial charge on any atom is -0.339 e. The maximum atomic E-state index is 12.5. The number of hydrogen-bond donors (Lipinski definition) is 1. The van der Waals surface area contributed by atoms with Gasteiger partial charge < -0.3 is 15.1 Å². The molecule has 0 aromatic heterocycles. The average Bonchev–Trinajstić information content (AvgIpc) is 2.64. The van der Waals surface area contributed by atoms with Gasteiger partial charge in [0.05, 0.1) is 12.5 Å². The molecule has 1 unspecified atom stereocenters. The first kappa shape index (κ1) is 17.2. The summed E-state index contributed by atoms with van der Waals surface area (Å²) < 4.78 is 0. The molecule has 0 spiro atoms. The van der Waals surface area contributed by atoms with Crippen LogP contribution in [0.15, 0.2) is 24.3 Å². The molecule has 0 aliphatic carbocycles. The summed E-state index contributed by atoms with van der Waals surface area (Å²) in [6, 6.07) is 7.34. The van der Waals surface area contributed by atoms with Crippen molar-refractivity contribution < 1.29 is 9.59 Å². The highest BCUT2D eigenvalue weighted by Crippen LogP contribution is 2.14. The number of hydrogen-bond acceptors (Lipinski definition) is 3. The van der Waals surface area contributed by atoms with Gasteiger partial charge in [-0.15, -0.1) is 0 Å². The molecule has 2 fully saturated rings. The summed E-state index contributed by atoms with van der Waals surface area (Å²) >= 11 is 5.87. The zero-order chi connectivity index (χ0) is 16.9. The molecule has 2 saturated heterocycles. The van der Waals surface area contributed by atoms with Crippen LogP contribution in [0.4, 0.5) is 0 Å².